The molecular weight excluding hydrogens is 152 g/mol. The second kappa shape index (κ2) is 7.14. The molecule has 0 amide bonds. The van der Waals surface area contributed by atoms with Gasteiger partial charge >= 0.3 is 0 Å². The minimum atomic E-state index is 0.541. The number of carbonyl (C=O) groups excluding carboxylic acids is 1. The van der Waals surface area contributed by atoms with Gasteiger partial charge in [-0.15, -0.1) is 0 Å². The molecule has 0 N–H and O–H groups in total. The molecule has 0 saturated heterocycles. The Hall–Kier alpha value is -0.530. The van der Waals surface area contributed by atoms with Crippen molar-refractivity contribution in [2.75, 3.05) is 6.61 Å². The molecule has 0 aliphatic rings. The summed E-state index contributed by atoms with van der Waals surface area (Å²) in [6.07, 6.45) is 3.47. The molecule has 2 unspecified atom stereocenters. The lowest BCUT2D eigenvalue weighted by atomic mass is 9.93. The van der Waals surface area contributed by atoms with Crippen molar-refractivity contribution in [3.8, 4) is 0 Å². The van der Waals surface area contributed by atoms with Crippen molar-refractivity contribution < 1.29 is 9.53 Å². The van der Waals surface area contributed by atoms with Gasteiger partial charge in [-0.3, -0.25) is 4.79 Å². The van der Waals surface area contributed by atoms with Crippen LogP contribution in [0, 0.1) is 11.8 Å². The third kappa shape index (κ3) is 5.16. The zero-order valence-electron chi connectivity index (χ0n) is 8.38. The number of carbonyl (C=O) groups is 1. The Bertz CT molecular complexity index is 112. The molecule has 0 spiro atoms. The van der Waals surface area contributed by atoms with Gasteiger partial charge in [0.05, 0.1) is 6.61 Å². The van der Waals surface area contributed by atoms with E-state index in [0.29, 0.717) is 19.0 Å². The van der Waals surface area contributed by atoms with Crippen LogP contribution < -0.4 is 0 Å². The van der Waals surface area contributed by atoms with Crippen LogP contribution in [0.3, 0.4) is 0 Å². The average molecular weight is 172 g/mol. The maximum absolute atomic E-state index is 9.96. The van der Waals surface area contributed by atoms with E-state index in [9.17, 15) is 4.79 Å². The highest BCUT2D eigenvalue weighted by molar-refractivity contribution is 5.36. The summed E-state index contributed by atoms with van der Waals surface area (Å²) in [4.78, 5) is 9.96. The maximum Gasteiger partial charge on any atom is 0.293 e. The summed E-state index contributed by atoms with van der Waals surface area (Å²) in [6.45, 7) is 7.70. The van der Waals surface area contributed by atoms with Crippen LogP contribution in [0.15, 0.2) is 0 Å². The second-order valence-corrected chi connectivity index (χ2v) is 3.45. The Labute approximate surface area is 75.3 Å². The highest BCUT2D eigenvalue weighted by Gasteiger charge is 2.10. The van der Waals surface area contributed by atoms with Gasteiger partial charge in [0.1, 0.15) is 0 Å². The minimum Gasteiger partial charge on any atom is -0.468 e. The van der Waals surface area contributed by atoms with Crippen LogP contribution in [0.5, 0.6) is 0 Å². The average Bonchev–Trinajstić information content (AvgIpc) is 2.11. The summed E-state index contributed by atoms with van der Waals surface area (Å²) < 4.78 is 4.75. The molecule has 0 saturated carbocycles. The predicted molar refractivity (Wildman–Crippen MR) is 49.9 cm³/mol. The largest absolute Gasteiger partial charge is 0.468 e. The summed E-state index contributed by atoms with van der Waals surface area (Å²) in [6, 6.07) is 0. The predicted octanol–water partition coefficient (Wildman–Crippen LogP) is 2.62. The van der Waals surface area contributed by atoms with Crippen molar-refractivity contribution in [2.24, 2.45) is 11.8 Å². The molecule has 0 radical (unpaired) electrons. The number of hydrogen-bond donors (Lipinski definition) is 0. The van der Waals surface area contributed by atoms with Gasteiger partial charge in [0.25, 0.3) is 6.47 Å². The normalized spacial score (nSPS) is 15.2. The standard InChI is InChI=1S/C10H20O2/c1-4-9(3)6-10(5-2)7-12-8-11/h8-10H,4-7H2,1-3H3. The van der Waals surface area contributed by atoms with Gasteiger partial charge in [0.2, 0.25) is 0 Å². The molecule has 2 nitrogen and oxygen atoms in total. The Morgan fingerprint density at radius 1 is 1.33 bits per heavy atom. The van der Waals surface area contributed by atoms with Crippen LogP contribution in [0.25, 0.3) is 0 Å². The zero-order valence-corrected chi connectivity index (χ0v) is 8.38. The fourth-order valence-corrected chi connectivity index (χ4v) is 1.26. The molecule has 0 aromatic heterocycles. The van der Waals surface area contributed by atoms with E-state index in [1.807, 2.05) is 0 Å². The van der Waals surface area contributed by atoms with E-state index >= 15 is 0 Å². The van der Waals surface area contributed by atoms with Gasteiger partial charge in [-0.05, 0) is 18.3 Å². The van der Waals surface area contributed by atoms with Crippen LogP contribution in [-0.2, 0) is 9.53 Å². The molecule has 0 heterocycles. The van der Waals surface area contributed by atoms with Crippen molar-refractivity contribution in [2.45, 2.75) is 40.0 Å². The Morgan fingerprint density at radius 3 is 2.42 bits per heavy atom. The van der Waals surface area contributed by atoms with Crippen molar-refractivity contribution in [1.82, 2.24) is 0 Å². The molecule has 0 fully saturated rings. The van der Waals surface area contributed by atoms with Crippen LogP contribution in [0.4, 0.5) is 0 Å². The highest BCUT2D eigenvalue weighted by atomic mass is 16.5. The van der Waals surface area contributed by atoms with Crippen molar-refractivity contribution in [1.29, 1.82) is 0 Å². The quantitative estimate of drug-likeness (QED) is 0.552. The molecule has 0 rings (SSSR count). The fourth-order valence-electron chi connectivity index (χ4n) is 1.26. The van der Waals surface area contributed by atoms with E-state index in [0.717, 1.165) is 12.3 Å². The van der Waals surface area contributed by atoms with Crippen LogP contribution in [-0.4, -0.2) is 13.1 Å². The molecule has 72 valence electrons. The van der Waals surface area contributed by atoms with E-state index in [1.165, 1.54) is 12.8 Å². The van der Waals surface area contributed by atoms with Crippen LogP contribution in [0.1, 0.15) is 40.0 Å². The summed E-state index contributed by atoms with van der Waals surface area (Å²) in [5, 5.41) is 0. The smallest absolute Gasteiger partial charge is 0.293 e. The fraction of sp³-hybridized carbons (Fsp3) is 0.900. The van der Waals surface area contributed by atoms with E-state index < -0.39 is 0 Å². The molecular formula is C10H20O2. The molecule has 0 aromatic rings. The number of rotatable bonds is 7. The van der Waals surface area contributed by atoms with Crippen molar-refractivity contribution in [3.63, 3.8) is 0 Å². The monoisotopic (exact) mass is 172 g/mol. The molecule has 2 atom stereocenters. The van der Waals surface area contributed by atoms with E-state index in [2.05, 4.69) is 20.8 Å². The lowest BCUT2D eigenvalue weighted by Crippen LogP contribution is -2.11. The van der Waals surface area contributed by atoms with Crippen molar-refractivity contribution in [3.05, 3.63) is 0 Å². The Morgan fingerprint density at radius 2 is 2.00 bits per heavy atom. The minimum absolute atomic E-state index is 0.541. The number of hydrogen-bond acceptors (Lipinski definition) is 2. The van der Waals surface area contributed by atoms with Gasteiger partial charge in [-0.2, -0.15) is 0 Å². The van der Waals surface area contributed by atoms with Crippen LogP contribution in [0.2, 0.25) is 0 Å². The molecule has 0 aliphatic heterocycles. The summed E-state index contributed by atoms with van der Waals surface area (Å²) in [7, 11) is 0. The van der Waals surface area contributed by atoms with E-state index in [1.54, 1.807) is 0 Å². The number of ether oxygens (including phenoxy) is 1. The molecule has 0 aliphatic carbocycles. The first-order chi connectivity index (χ1) is 5.74. The lowest BCUT2D eigenvalue weighted by molar-refractivity contribution is -0.130. The third-order valence-corrected chi connectivity index (χ3v) is 2.41. The Kier molecular flexibility index (Phi) is 6.82. The van der Waals surface area contributed by atoms with E-state index in [-0.39, 0.29) is 0 Å². The summed E-state index contributed by atoms with van der Waals surface area (Å²) in [5.41, 5.74) is 0. The Balaban J connectivity index is 3.58. The first-order valence-corrected chi connectivity index (χ1v) is 4.79. The first kappa shape index (κ1) is 11.5. The van der Waals surface area contributed by atoms with E-state index in [4.69, 9.17) is 4.74 Å². The topological polar surface area (TPSA) is 26.3 Å². The second-order valence-electron chi connectivity index (χ2n) is 3.45. The molecule has 0 aromatic carbocycles. The van der Waals surface area contributed by atoms with Crippen molar-refractivity contribution >= 4 is 6.47 Å². The van der Waals surface area contributed by atoms with Gasteiger partial charge in [0, 0.05) is 0 Å². The van der Waals surface area contributed by atoms with Gasteiger partial charge in [-0.25, -0.2) is 0 Å². The summed E-state index contributed by atoms with van der Waals surface area (Å²) >= 11 is 0. The molecule has 2 heteroatoms. The van der Waals surface area contributed by atoms with Gasteiger partial charge in [0.15, 0.2) is 0 Å². The van der Waals surface area contributed by atoms with Gasteiger partial charge in [-0.1, -0.05) is 33.6 Å². The maximum atomic E-state index is 9.96. The summed E-state index contributed by atoms with van der Waals surface area (Å²) in [5.74, 6) is 1.29. The SMILES string of the molecule is CCC(C)CC(CC)COC=O. The van der Waals surface area contributed by atoms with Gasteiger partial charge < -0.3 is 4.74 Å². The molecule has 0 bridgehead atoms. The highest BCUT2D eigenvalue weighted by Crippen LogP contribution is 2.17. The first-order valence-electron chi connectivity index (χ1n) is 4.79. The van der Waals surface area contributed by atoms with Crippen LogP contribution >= 0.6 is 0 Å². The third-order valence-electron chi connectivity index (χ3n) is 2.41. The molecule has 12 heavy (non-hydrogen) atoms. The zero-order chi connectivity index (χ0) is 9.40. The lowest BCUT2D eigenvalue weighted by Gasteiger charge is -2.17.